The van der Waals surface area contributed by atoms with Crippen molar-refractivity contribution < 1.29 is 50.9 Å². The van der Waals surface area contributed by atoms with Gasteiger partial charge in [-0.05, 0) is 35.9 Å². The number of ether oxygens (including phenoxy) is 2. The third-order valence-corrected chi connectivity index (χ3v) is 6.46. The van der Waals surface area contributed by atoms with Crippen LogP contribution in [0, 0.1) is 0 Å². The van der Waals surface area contributed by atoms with Gasteiger partial charge in [0.1, 0.15) is 16.4 Å². The van der Waals surface area contributed by atoms with Crippen LogP contribution in [0.3, 0.4) is 0 Å². The fourth-order valence-corrected chi connectivity index (χ4v) is 4.49. The molecule has 3 aromatic carbocycles. The number of hydrogen-bond donors (Lipinski definition) is 3. The SMILES string of the molecule is COc1ccc(OC)c(S(=O)(=O)Nc2ccc(N(C)Cc3ccccc3)c(C(=O)O)c2)c1.O=C(O)C(F)(F)F. The molecule has 39 heavy (non-hydrogen) atoms. The summed E-state index contributed by atoms with van der Waals surface area (Å²) in [5.41, 5.74) is 1.56. The van der Waals surface area contributed by atoms with Crippen LogP contribution in [0.25, 0.3) is 0 Å². The number of hydrogen-bond acceptors (Lipinski definition) is 7. The van der Waals surface area contributed by atoms with Crippen LogP contribution < -0.4 is 19.1 Å². The Bertz CT molecular complexity index is 1410. The lowest BCUT2D eigenvalue weighted by molar-refractivity contribution is -0.192. The Balaban J connectivity index is 0.000000673. The lowest BCUT2D eigenvalue weighted by Gasteiger charge is -2.22. The highest BCUT2D eigenvalue weighted by Gasteiger charge is 2.38. The summed E-state index contributed by atoms with van der Waals surface area (Å²) >= 11 is 0. The largest absolute Gasteiger partial charge is 0.497 e. The summed E-state index contributed by atoms with van der Waals surface area (Å²) in [6.07, 6.45) is -5.08. The normalized spacial score (nSPS) is 11.0. The number of aliphatic carboxylic acids is 1. The van der Waals surface area contributed by atoms with Gasteiger partial charge in [0.05, 0.1) is 25.5 Å². The Labute approximate surface area is 222 Å². The smallest absolute Gasteiger partial charge is 0.490 e. The molecule has 0 atom stereocenters. The van der Waals surface area contributed by atoms with Crippen molar-refractivity contribution in [3.05, 3.63) is 77.9 Å². The van der Waals surface area contributed by atoms with Gasteiger partial charge in [0.25, 0.3) is 10.0 Å². The van der Waals surface area contributed by atoms with Gasteiger partial charge in [-0.2, -0.15) is 13.2 Å². The molecular formula is C25H25F3N2O8S. The number of halogens is 3. The maximum absolute atomic E-state index is 13.0. The molecule has 0 amide bonds. The molecule has 0 fully saturated rings. The first-order chi connectivity index (χ1) is 18.2. The molecule has 0 saturated carbocycles. The highest BCUT2D eigenvalue weighted by atomic mass is 32.2. The molecule has 0 aliphatic heterocycles. The van der Waals surface area contributed by atoms with E-state index >= 15 is 0 Å². The van der Waals surface area contributed by atoms with Gasteiger partial charge in [-0.25, -0.2) is 18.0 Å². The summed E-state index contributed by atoms with van der Waals surface area (Å²) in [5.74, 6) is -3.45. The maximum Gasteiger partial charge on any atom is 0.490 e. The Morgan fingerprint density at radius 3 is 2.08 bits per heavy atom. The highest BCUT2D eigenvalue weighted by Crippen LogP contribution is 2.31. The minimum absolute atomic E-state index is 0.0266. The number of nitrogens with one attached hydrogen (secondary N) is 1. The summed E-state index contributed by atoms with van der Waals surface area (Å²) in [6, 6.07) is 18.4. The summed E-state index contributed by atoms with van der Waals surface area (Å²) in [5, 5.41) is 16.9. The number of benzene rings is 3. The first kappa shape index (κ1) is 30.8. The van der Waals surface area contributed by atoms with Crippen molar-refractivity contribution in [1.82, 2.24) is 0 Å². The minimum atomic E-state index is -5.08. The average molecular weight is 571 g/mol. The van der Waals surface area contributed by atoms with Gasteiger partial charge in [0.2, 0.25) is 0 Å². The van der Waals surface area contributed by atoms with Crippen LogP contribution in [0.5, 0.6) is 11.5 Å². The number of sulfonamides is 1. The van der Waals surface area contributed by atoms with E-state index in [0.717, 1.165) is 5.56 Å². The number of carboxylic acid groups (broad SMARTS) is 2. The van der Waals surface area contributed by atoms with Gasteiger partial charge >= 0.3 is 18.1 Å². The number of anilines is 2. The molecule has 0 heterocycles. The van der Waals surface area contributed by atoms with E-state index < -0.39 is 28.1 Å². The van der Waals surface area contributed by atoms with E-state index in [1.807, 2.05) is 30.3 Å². The zero-order valence-electron chi connectivity index (χ0n) is 20.9. The van der Waals surface area contributed by atoms with Gasteiger partial charge in [-0.3, -0.25) is 4.72 Å². The second-order valence-electron chi connectivity index (χ2n) is 7.80. The maximum atomic E-state index is 13.0. The van der Waals surface area contributed by atoms with Crippen molar-refractivity contribution in [1.29, 1.82) is 0 Å². The lowest BCUT2D eigenvalue weighted by Crippen LogP contribution is -2.21. The van der Waals surface area contributed by atoms with Crippen LogP contribution in [-0.4, -0.2) is 58.0 Å². The molecular weight excluding hydrogens is 545 g/mol. The van der Waals surface area contributed by atoms with Crippen molar-refractivity contribution in [3.63, 3.8) is 0 Å². The molecule has 0 aliphatic rings. The zero-order valence-corrected chi connectivity index (χ0v) is 21.7. The summed E-state index contributed by atoms with van der Waals surface area (Å²) in [4.78, 5) is 22.5. The number of methoxy groups -OCH3 is 2. The first-order valence-electron chi connectivity index (χ1n) is 10.9. The van der Waals surface area contributed by atoms with Crippen molar-refractivity contribution in [3.8, 4) is 11.5 Å². The summed E-state index contributed by atoms with van der Waals surface area (Å²) in [7, 11) is 0.491. The molecule has 3 aromatic rings. The Morgan fingerprint density at radius 1 is 0.949 bits per heavy atom. The number of rotatable bonds is 9. The van der Waals surface area contributed by atoms with E-state index in [0.29, 0.717) is 18.0 Å². The molecule has 10 nitrogen and oxygen atoms in total. The molecule has 0 aromatic heterocycles. The first-order valence-corrected chi connectivity index (χ1v) is 12.3. The van der Waals surface area contributed by atoms with E-state index in [2.05, 4.69) is 4.72 Å². The van der Waals surface area contributed by atoms with E-state index in [1.54, 1.807) is 24.1 Å². The van der Waals surface area contributed by atoms with Crippen molar-refractivity contribution >= 4 is 33.3 Å². The Kier molecular flexibility index (Phi) is 10.1. The van der Waals surface area contributed by atoms with Gasteiger partial charge in [0.15, 0.2) is 0 Å². The molecule has 14 heteroatoms. The quantitative estimate of drug-likeness (QED) is 0.340. The minimum Gasteiger partial charge on any atom is -0.497 e. The second-order valence-corrected chi connectivity index (χ2v) is 9.45. The van der Waals surface area contributed by atoms with E-state index in [9.17, 15) is 31.5 Å². The van der Waals surface area contributed by atoms with Crippen molar-refractivity contribution in [2.75, 3.05) is 30.9 Å². The van der Waals surface area contributed by atoms with E-state index in [4.69, 9.17) is 19.4 Å². The fraction of sp³-hybridized carbons (Fsp3) is 0.200. The van der Waals surface area contributed by atoms with E-state index in [-0.39, 0.29) is 21.9 Å². The number of carboxylic acids is 2. The topological polar surface area (TPSA) is 142 Å². The third-order valence-electron chi connectivity index (χ3n) is 5.06. The Morgan fingerprint density at radius 2 is 1.56 bits per heavy atom. The monoisotopic (exact) mass is 570 g/mol. The van der Waals surface area contributed by atoms with Gasteiger partial charge in [0, 0.05) is 25.3 Å². The Hall–Kier alpha value is -4.46. The number of nitrogens with zero attached hydrogens (tertiary/aromatic N) is 1. The molecule has 3 rings (SSSR count). The molecule has 210 valence electrons. The van der Waals surface area contributed by atoms with Gasteiger partial charge in [-0.15, -0.1) is 0 Å². The predicted octanol–water partition coefficient (Wildman–Crippen LogP) is 4.47. The van der Waals surface area contributed by atoms with Crippen molar-refractivity contribution in [2.45, 2.75) is 17.6 Å². The average Bonchev–Trinajstić information content (AvgIpc) is 2.88. The van der Waals surface area contributed by atoms with Gasteiger partial charge < -0.3 is 24.6 Å². The van der Waals surface area contributed by atoms with Crippen LogP contribution in [0.15, 0.2) is 71.6 Å². The summed E-state index contributed by atoms with van der Waals surface area (Å²) in [6.45, 7) is 0.493. The predicted molar refractivity (Wildman–Crippen MR) is 136 cm³/mol. The van der Waals surface area contributed by atoms with Crippen LogP contribution in [0.1, 0.15) is 15.9 Å². The van der Waals surface area contributed by atoms with E-state index in [1.165, 1.54) is 38.5 Å². The highest BCUT2D eigenvalue weighted by molar-refractivity contribution is 7.92. The van der Waals surface area contributed by atoms with Crippen LogP contribution in [0.2, 0.25) is 0 Å². The van der Waals surface area contributed by atoms with Gasteiger partial charge in [-0.1, -0.05) is 30.3 Å². The van der Waals surface area contributed by atoms with Crippen molar-refractivity contribution in [2.24, 2.45) is 0 Å². The number of alkyl halides is 3. The van der Waals surface area contributed by atoms with Crippen LogP contribution in [0.4, 0.5) is 24.5 Å². The molecule has 3 N–H and O–H groups in total. The standard InChI is InChI=1S/C23H24N2O6S.C2HF3O2/c1-25(15-16-7-5-4-6-8-16)20-11-9-17(13-19(20)23(26)27)24-32(28,29)22-14-18(30-2)10-12-21(22)31-3;3-2(4,5)1(6)7/h4-14,24H,15H2,1-3H3,(H,26,27);(H,6,7). The van der Waals surface area contributed by atoms with Crippen LogP contribution in [-0.2, 0) is 21.4 Å². The molecule has 0 radical (unpaired) electrons. The second kappa shape index (κ2) is 12.9. The third kappa shape index (κ3) is 8.53. The molecule has 0 unspecified atom stereocenters. The number of carbonyl (C=O) groups is 2. The summed E-state index contributed by atoms with van der Waals surface area (Å²) < 4.78 is 70.4. The fourth-order valence-electron chi connectivity index (χ4n) is 3.25. The lowest BCUT2D eigenvalue weighted by atomic mass is 10.1. The molecule has 0 bridgehead atoms. The zero-order chi connectivity index (χ0) is 29.4. The molecule has 0 saturated heterocycles. The van der Waals surface area contributed by atoms with Crippen LogP contribution >= 0.6 is 0 Å². The number of aromatic carboxylic acids is 1. The molecule has 0 spiro atoms. The molecule has 0 aliphatic carbocycles.